The molecular formula is C26H34N2O4S. The summed E-state index contributed by atoms with van der Waals surface area (Å²) in [5.41, 5.74) is 2.79. The SMILES string of the molecule is Cc1cc(SC2=C(O)CC(CCc3cncnc3)(C(C)C)OC2=O)c(C(C)(C)C)cc1CO. The van der Waals surface area contributed by atoms with Crippen LogP contribution in [0.25, 0.3) is 0 Å². The second kappa shape index (κ2) is 9.85. The van der Waals surface area contributed by atoms with Crippen LogP contribution in [-0.2, 0) is 28.0 Å². The van der Waals surface area contributed by atoms with Crippen molar-refractivity contribution in [2.45, 2.75) is 83.3 Å². The summed E-state index contributed by atoms with van der Waals surface area (Å²) in [5.74, 6) is -0.403. The Morgan fingerprint density at radius 3 is 2.42 bits per heavy atom. The van der Waals surface area contributed by atoms with Crippen molar-refractivity contribution in [2.75, 3.05) is 0 Å². The summed E-state index contributed by atoms with van der Waals surface area (Å²) in [6, 6.07) is 3.97. The molecule has 0 amide bonds. The fraction of sp³-hybridized carbons (Fsp3) is 0.500. The number of aliphatic hydroxyl groups is 2. The van der Waals surface area contributed by atoms with Gasteiger partial charge in [-0.3, -0.25) is 0 Å². The van der Waals surface area contributed by atoms with E-state index in [-0.39, 0.29) is 35.0 Å². The number of nitrogens with zero attached hydrogens (tertiary/aromatic N) is 2. The van der Waals surface area contributed by atoms with Crippen LogP contribution in [0, 0.1) is 12.8 Å². The Labute approximate surface area is 200 Å². The number of esters is 1. The molecule has 1 aliphatic rings. The van der Waals surface area contributed by atoms with Crippen LogP contribution < -0.4 is 0 Å². The largest absolute Gasteiger partial charge is 0.511 e. The van der Waals surface area contributed by atoms with E-state index >= 15 is 0 Å². The van der Waals surface area contributed by atoms with Gasteiger partial charge in [0.15, 0.2) is 0 Å². The van der Waals surface area contributed by atoms with Crippen LogP contribution in [0.3, 0.4) is 0 Å². The number of hydrogen-bond donors (Lipinski definition) is 2. The van der Waals surface area contributed by atoms with Crippen molar-refractivity contribution in [3.8, 4) is 0 Å². The molecule has 2 N–H and O–H groups in total. The first kappa shape index (κ1) is 25.2. The molecule has 1 aliphatic heterocycles. The molecule has 2 aromatic rings. The Hall–Kier alpha value is -2.38. The minimum absolute atomic E-state index is 0.0241. The molecule has 3 rings (SSSR count). The number of aromatic nitrogens is 2. The molecule has 1 aromatic heterocycles. The fourth-order valence-electron chi connectivity index (χ4n) is 4.09. The Kier molecular flexibility index (Phi) is 7.54. The maximum atomic E-state index is 13.2. The first-order valence-corrected chi connectivity index (χ1v) is 12.1. The number of benzene rings is 1. The minimum atomic E-state index is -0.787. The van der Waals surface area contributed by atoms with Gasteiger partial charge in [0.05, 0.1) is 6.61 Å². The average molecular weight is 471 g/mol. The summed E-state index contributed by atoms with van der Waals surface area (Å²) >= 11 is 1.25. The molecule has 1 atom stereocenters. The molecule has 0 fully saturated rings. The van der Waals surface area contributed by atoms with Crippen LogP contribution in [0.15, 0.2) is 46.4 Å². The summed E-state index contributed by atoms with van der Waals surface area (Å²) in [4.78, 5) is 22.4. The summed E-state index contributed by atoms with van der Waals surface area (Å²) in [5, 5.41) is 20.7. The number of rotatable bonds is 7. The van der Waals surface area contributed by atoms with Crippen molar-refractivity contribution < 1.29 is 19.7 Å². The van der Waals surface area contributed by atoms with Gasteiger partial charge in [0, 0.05) is 23.7 Å². The molecule has 0 spiro atoms. The maximum absolute atomic E-state index is 13.2. The quantitative estimate of drug-likeness (QED) is 0.523. The van der Waals surface area contributed by atoms with Crippen LogP contribution in [0.5, 0.6) is 0 Å². The van der Waals surface area contributed by atoms with E-state index in [0.29, 0.717) is 12.8 Å². The van der Waals surface area contributed by atoms with E-state index in [9.17, 15) is 15.0 Å². The zero-order chi connectivity index (χ0) is 24.4. The predicted molar refractivity (Wildman–Crippen MR) is 130 cm³/mol. The number of thioether (sulfide) groups is 1. The second-order valence-corrected chi connectivity index (χ2v) is 11.1. The Bertz CT molecular complexity index is 1040. The van der Waals surface area contributed by atoms with Crippen molar-refractivity contribution in [1.82, 2.24) is 9.97 Å². The molecule has 0 bridgehead atoms. The van der Waals surface area contributed by atoms with Crippen molar-refractivity contribution in [3.05, 3.63) is 63.8 Å². The smallest absolute Gasteiger partial charge is 0.349 e. The number of aryl methyl sites for hydroxylation is 2. The van der Waals surface area contributed by atoms with Gasteiger partial charge in [-0.25, -0.2) is 14.8 Å². The molecular weight excluding hydrogens is 436 g/mol. The molecule has 0 saturated heterocycles. The van der Waals surface area contributed by atoms with Gasteiger partial charge in [0.25, 0.3) is 0 Å². The molecule has 178 valence electrons. The van der Waals surface area contributed by atoms with E-state index in [1.165, 1.54) is 18.1 Å². The number of carbonyl (C=O) groups excluding carboxylic acids is 1. The third-order valence-electron chi connectivity index (χ3n) is 6.34. The van der Waals surface area contributed by atoms with Crippen LogP contribution in [0.4, 0.5) is 0 Å². The number of cyclic esters (lactones) is 1. The highest BCUT2D eigenvalue weighted by molar-refractivity contribution is 8.04. The van der Waals surface area contributed by atoms with Crippen molar-refractivity contribution >= 4 is 17.7 Å². The van der Waals surface area contributed by atoms with E-state index in [4.69, 9.17) is 4.74 Å². The van der Waals surface area contributed by atoms with Gasteiger partial charge >= 0.3 is 5.97 Å². The summed E-state index contributed by atoms with van der Waals surface area (Å²) in [6.07, 6.45) is 6.50. The first-order valence-electron chi connectivity index (χ1n) is 11.3. The van der Waals surface area contributed by atoms with Gasteiger partial charge in [-0.05, 0) is 59.4 Å². The van der Waals surface area contributed by atoms with Gasteiger partial charge in [-0.15, -0.1) is 0 Å². The second-order valence-electron chi connectivity index (χ2n) is 10.1. The summed E-state index contributed by atoms with van der Waals surface area (Å²) < 4.78 is 6.05. The van der Waals surface area contributed by atoms with Crippen molar-refractivity contribution in [3.63, 3.8) is 0 Å². The van der Waals surface area contributed by atoms with E-state index in [1.54, 1.807) is 12.4 Å². The normalized spacial score (nSPS) is 19.2. The van der Waals surface area contributed by atoms with E-state index in [0.717, 1.165) is 27.1 Å². The van der Waals surface area contributed by atoms with Crippen LogP contribution in [-0.4, -0.2) is 31.8 Å². The van der Waals surface area contributed by atoms with Gasteiger partial charge in [0.2, 0.25) is 0 Å². The third kappa shape index (κ3) is 5.58. The summed E-state index contributed by atoms with van der Waals surface area (Å²) in [6.45, 7) is 12.2. The average Bonchev–Trinajstić information content (AvgIpc) is 2.74. The highest BCUT2D eigenvalue weighted by atomic mass is 32.2. The van der Waals surface area contributed by atoms with Gasteiger partial charge in [0.1, 0.15) is 22.6 Å². The van der Waals surface area contributed by atoms with Gasteiger partial charge in [-0.2, -0.15) is 0 Å². The summed E-state index contributed by atoms with van der Waals surface area (Å²) in [7, 11) is 0. The molecule has 0 saturated carbocycles. The number of aliphatic hydroxyl groups excluding tert-OH is 2. The molecule has 33 heavy (non-hydrogen) atoms. The maximum Gasteiger partial charge on any atom is 0.349 e. The van der Waals surface area contributed by atoms with E-state index in [2.05, 4.69) is 30.7 Å². The zero-order valence-corrected chi connectivity index (χ0v) is 21.1. The standard InChI is InChI=1S/C26H34N2O4S/c1-16(2)26(8-7-18-12-27-15-28-13-18)11-21(30)23(24(31)32-26)33-22-9-17(3)19(14-29)10-20(22)25(4,5)6/h9-10,12-13,15-16,29-30H,7-8,11,14H2,1-6H3. The molecule has 1 unspecified atom stereocenters. The lowest BCUT2D eigenvalue weighted by Gasteiger charge is -2.40. The third-order valence-corrected chi connectivity index (χ3v) is 7.51. The Morgan fingerprint density at radius 2 is 1.88 bits per heavy atom. The number of hydrogen-bond acceptors (Lipinski definition) is 7. The highest BCUT2D eigenvalue weighted by Crippen LogP contribution is 2.45. The van der Waals surface area contributed by atoms with E-state index in [1.807, 2.05) is 32.9 Å². The Morgan fingerprint density at radius 1 is 1.21 bits per heavy atom. The minimum Gasteiger partial charge on any atom is -0.511 e. The first-order chi connectivity index (χ1) is 15.5. The molecule has 7 heteroatoms. The number of ether oxygens (including phenoxy) is 1. The lowest BCUT2D eigenvalue weighted by molar-refractivity contribution is -0.164. The van der Waals surface area contributed by atoms with Crippen molar-refractivity contribution in [2.24, 2.45) is 5.92 Å². The lowest BCUT2D eigenvalue weighted by Crippen LogP contribution is -2.44. The monoisotopic (exact) mass is 470 g/mol. The predicted octanol–water partition coefficient (Wildman–Crippen LogP) is 5.41. The van der Waals surface area contributed by atoms with Crippen molar-refractivity contribution in [1.29, 1.82) is 0 Å². The zero-order valence-electron chi connectivity index (χ0n) is 20.3. The molecule has 6 nitrogen and oxygen atoms in total. The van der Waals surface area contributed by atoms with E-state index < -0.39 is 11.6 Å². The molecule has 1 aromatic carbocycles. The highest BCUT2D eigenvalue weighted by Gasteiger charge is 2.44. The van der Waals surface area contributed by atoms with Crippen LogP contribution in [0.1, 0.15) is 69.7 Å². The molecule has 0 radical (unpaired) electrons. The number of carbonyl (C=O) groups is 1. The molecule has 0 aliphatic carbocycles. The van der Waals surface area contributed by atoms with Crippen LogP contribution >= 0.6 is 11.8 Å². The van der Waals surface area contributed by atoms with Crippen LogP contribution in [0.2, 0.25) is 0 Å². The van der Waals surface area contributed by atoms with Gasteiger partial charge in [-0.1, -0.05) is 52.4 Å². The topological polar surface area (TPSA) is 92.5 Å². The fourth-order valence-corrected chi connectivity index (χ4v) is 5.34. The molecule has 2 heterocycles. The lowest BCUT2D eigenvalue weighted by atomic mass is 9.80. The van der Waals surface area contributed by atoms with Gasteiger partial charge < -0.3 is 14.9 Å². The Balaban J connectivity index is 1.92.